The summed E-state index contributed by atoms with van der Waals surface area (Å²) in [7, 11) is 1.59. The van der Waals surface area contributed by atoms with Crippen LogP contribution in [0, 0.1) is 0 Å². The Hall–Kier alpha value is -2.33. The Morgan fingerprint density at radius 1 is 1.15 bits per heavy atom. The van der Waals surface area contributed by atoms with Gasteiger partial charge < -0.3 is 14.8 Å². The third-order valence-electron chi connectivity index (χ3n) is 3.22. The molecular weight excluding hydrogens is 254 g/mol. The quantitative estimate of drug-likeness (QED) is 0.868. The van der Waals surface area contributed by atoms with Crippen LogP contribution in [0.4, 0.5) is 5.69 Å². The molecule has 0 radical (unpaired) electrons. The van der Waals surface area contributed by atoms with Crippen molar-refractivity contribution in [3.63, 3.8) is 0 Å². The molecule has 1 amide bonds. The zero-order valence-electron chi connectivity index (χ0n) is 11.1. The molecule has 4 nitrogen and oxygen atoms in total. The Balaban J connectivity index is 1.64. The minimum atomic E-state index is -0.413. The molecule has 1 aliphatic heterocycles. The van der Waals surface area contributed by atoms with Crippen molar-refractivity contribution in [1.29, 1.82) is 0 Å². The summed E-state index contributed by atoms with van der Waals surface area (Å²) >= 11 is 0. The van der Waals surface area contributed by atoms with Gasteiger partial charge in [-0.05, 0) is 17.7 Å². The number of nitrogens with one attached hydrogen (secondary N) is 1. The smallest absolute Gasteiger partial charge is 0.256 e. The van der Waals surface area contributed by atoms with Gasteiger partial charge in [0.15, 0.2) is 6.10 Å². The highest BCUT2D eigenvalue weighted by Gasteiger charge is 2.45. The predicted molar refractivity (Wildman–Crippen MR) is 75.7 cm³/mol. The predicted octanol–water partition coefficient (Wildman–Crippen LogP) is 2.77. The van der Waals surface area contributed by atoms with Crippen molar-refractivity contribution in [3.05, 3.63) is 60.2 Å². The first-order valence-electron chi connectivity index (χ1n) is 6.43. The van der Waals surface area contributed by atoms with Crippen molar-refractivity contribution in [1.82, 2.24) is 0 Å². The lowest BCUT2D eigenvalue weighted by Crippen LogP contribution is -2.18. The third-order valence-corrected chi connectivity index (χ3v) is 3.22. The maximum absolute atomic E-state index is 12.1. The summed E-state index contributed by atoms with van der Waals surface area (Å²) in [4.78, 5) is 12.1. The lowest BCUT2D eigenvalue weighted by molar-refractivity contribution is -0.117. The van der Waals surface area contributed by atoms with Crippen LogP contribution in [0.15, 0.2) is 54.6 Å². The first-order valence-corrected chi connectivity index (χ1v) is 6.43. The Morgan fingerprint density at radius 3 is 2.70 bits per heavy atom. The molecule has 0 spiro atoms. The van der Waals surface area contributed by atoms with Crippen LogP contribution in [0.3, 0.4) is 0 Å². The van der Waals surface area contributed by atoms with E-state index in [0.29, 0.717) is 11.4 Å². The molecule has 1 N–H and O–H groups in total. The van der Waals surface area contributed by atoms with Crippen LogP contribution in [0.5, 0.6) is 5.75 Å². The van der Waals surface area contributed by atoms with Gasteiger partial charge in [0.05, 0.1) is 7.11 Å². The van der Waals surface area contributed by atoms with Gasteiger partial charge in [0.2, 0.25) is 0 Å². The molecule has 1 fully saturated rings. The standard InChI is InChI=1S/C16H15NO3/c1-19-13-9-5-8-12(10-13)17-16(18)15-14(20-15)11-6-3-2-4-7-11/h2-10,14-15H,1H3,(H,17,18)/t14-,15?/m0/s1. The Labute approximate surface area is 117 Å². The average molecular weight is 269 g/mol. The number of carbonyl (C=O) groups excluding carboxylic acids is 1. The molecule has 0 aromatic heterocycles. The SMILES string of the molecule is COc1cccc(NC(=O)C2O[C@H]2c2ccccc2)c1. The van der Waals surface area contributed by atoms with Crippen molar-refractivity contribution >= 4 is 11.6 Å². The molecule has 2 aromatic rings. The second kappa shape index (κ2) is 5.35. The van der Waals surface area contributed by atoms with Crippen LogP contribution < -0.4 is 10.1 Å². The molecule has 0 bridgehead atoms. The van der Waals surface area contributed by atoms with Crippen molar-refractivity contribution in [2.24, 2.45) is 0 Å². The molecule has 3 rings (SSSR count). The molecule has 0 saturated carbocycles. The van der Waals surface area contributed by atoms with Gasteiger partial charge in [-0.3, -0.25) is 4.79 Å². The van der Waals surface area contributed by atoms with E-state index in [2.05, 4.69) is 5.32 Å². The van der Waals surface area contributed by atoms with Crippen LogP contribution in [0.2, 0.25) is 0 Å². The zero-order valence-corrected chi connectivity index (χ0v) is 11.1. The normalized spacial score (nSPS) is 20.2. The summed E-state index contributed by atoms with van der Waals surface area (Å²) in [6.45, 7) is 0. The number of epoxide rings is 1. The Bertz CT molecular complexity index is 612. The molecule has 102 valence electrons. The summed E-state index contributed by atoms with van der Waals surface area (Å²) in [5, 5.41) is 2.83. The maximum atomic E-state index is 12.1. The topological polar surface area (TPSA) is 50.9 Å². The molecular formula is C16H15NO3. The number of anilines is 1. The lowest BCUT2D eigenvalue weighted by Gasteiger charge is -2.05. The fourth-order valence-corrected chi connectivity index (χ4v) is 2.12. The summed E-state index contributed by atoms with van der Waals surface area (Å²) in [5.74, 6) is 0.575. The molecule has 0 aliphatic carbocycles. The van der Waals surface area contributed by atoms with Crippen molar-refractivity contribution < 1.29 is 14.3 Å². The molecule has 2 atom stereocenters. The molecule has 1 heterocycles. The summed E-state index contributed by atoms with van der Waals surface area (Å²) < 4.78 is 10.6. The van der Waals surface area contributed by atoms with Crippen LogP contribution in [-0.2, 0) is 9.53 Å². The Kier molecular flexibility index (Phi) is 3.39. The number of ether oxygens (including phenoxy) is 2. The van der Waals surface area contributed by atoms with Crippen LogP contribution in [0.25, 0.3) is 0 Å². The van der Waals surface area contributed by atoms with Crippen molar-refractivity contribution in [2.45, 2.75) is 12.2 Å². The van der Waals surface area contributed by atoms with E-state index in [-0.39, 0.29) is 12.0 Å². The maximum Gasteiger partial charge on any atom is 0.256 e. The van der Waals surface area contributed by atoms with Gasteiger partial charge in [-0.25, -0.2) is 0 Å². The number of carbonyl (C=O) groups is 1. The zero-order chi connectivity index (χ0) is 13.9. The Morgan fingerprint density at radius 2 is 1.95 bits per heavy atom. The molecule has 1 saturated heterocycles. The summed E-state index contributed by atoms with van der Waals surface area (Å²) in [5.41, 5.74) is 1.73. The third kappa shape index (κ3) is 2.65. The van der Waals surface area contributed by atoms with Crippen LogP contribution in [-0.4, -0.2) is 19.1 Å². The van der Waals surface area contributed by atoms with Gasteiger partial charge in [0.25, 0.3) is 5.91 Å². The fraction of sp³-hybridized carbons (Fsp3) is 0.188. The molecule has 1 aliphatic rings. The monoisotopic (exact) mass is 269 g/mol. The number of amides is 1. The highest BCUT2D eigenvalue weighted by molar-refractivity contribution is 5.96. The summed E-state index contributed by atoms with van der Waals surface area (Å²) in [6, 6.07) is 17.0. The highest BCUT2D eigenvalue weighted by Crippen LogP contribution is 2.39. The molecule has 20 heavy (non-hydrogen) atoms. The van der Waals surface area contributed by atoms with Crippen molar-refractivity contribution in [3.8, 4) is 5.75 Å². The highest BCUT2D eigenvalue weighted by atomic mass is 16.6. The largest absolute Gasteiger partial charge is 0.497 e. The van der Waals surface area contributed by atoms with Crippen LogP contribution >= 0.6 is 0 Å². The molecule has 2 aromatic carbocycles. The minimum absolute atomic E-state index is 0.132. The van der Waals surface area contributed by atoms with E-state index in [1.54, 1.807) is 13.2 Å². The van der Waals surface area contributed by atoms with E-state index < -0.39 is 6.10 Å². The van der Waals surface area contributed by atoms with Crippen molar-refractivity contribution in [2.75, 3.05) is 12.4 Å². The fourth-order valence-electron chi connectivity index (χ4n) is 2.12. The van der Waals surface area contributed by atoms with Crippen LogP contribution in [0.1, 0.15) is 11.7 Å². The molecule has 1 unspecified atom stereocenters. The number of methoxy groups -OCH3 is 1. The number of hydrogen-bond acceptors (Lipinski definition) is 3. The van der Waals surface area contributed by atoms with E-state index >= 15 is 0 Å². The van der Waals surface area contributed by atoms with Gasteiger partial charge in [-0.2, -0.15) is 0 Å². The average Bonchev–Trinajstić information content (AvgIpc) is 3.29. The van der Waals surface area contributed by atoms with E-state index in [4.69, 9.17) is 9.47 Å². The first-order chi connectivity index (χ1) is 9.78. The minimum Gasteiger partial charge on any atom is -0.497 e. The van der Waals surface area contributed by atoms with E-state index in [1.807, 2.05) is 48.5 Å². The second-order valence-corrected chi connectivity index (χ2v) is 4.61. The lowest BCUT2D eigenvalue weighted by atomic mass is 10.1. The van der Waals surface area contributed by atoms with Gasteiger partial charge in [-0.1, -0.05) is 36.4 Å². The van der Waals surface area contributed by atoms with E-state index in [1.165, 1.54) is 0 Å². The van der Waals surface area contributed by atoms with Gasteiger partial charge >= 0.3 is 0 Å². The van der Waals surface area contributed by atoms with E-state index in [9.17, 15) is 4.79 Å². The summed E-state index contributed by atoms with van der Waals surface area (Å²) in [6.07, 6.45) is -0.551. The first kappa shape index (κ1) is 12.7. The van der Waals surface area contributed by atoms with Gasteiger partial charge in [0.1, 0.15) is 11.9 Å². The van der Waals surface area contributed by atoms with Gasteiger partial charge in [-0.15, -0.1) is 0 Å². The molecule has 4 heteroatoms. The number of hydrogen-bond donors (Lipinski definition) is 1. The number of rotatable bonds is 4. The van der Waals surface area contributed by atoms with E-state index in [0.717, 1.165) is 5.56 Å². The second-order valence-electron chi connectivity index (χ2n) is 4.61. The number of benzene rings is 2. The van der Waals surface area contributed by atoms with Gasteiger partial charge in [0, 0.05) is 11.8 Å².